The zero-order valence-electron chi connectivity index (χ0n) is 16.4. The summed E-state index contributed by atoms with van der Waals surface area (Å²) in [6, 6.07) is 13.4. The monoisotopic (exact) mass is 404 g/mol. The van der Waals surface area contributed by atoms with Crippen molar-refractivity contribution in [2.75, 3.05) is 7.11 Å². The minimum Gasteiger partial charge on any atom is -0.496 e. The summed E-state index contributed by atoms with van der Waals surface area (Å²) in [5.41, 5.74) is 4.29. The summed E-state index contributed by atoms with van der Waals surface area (Å²) in [6.45, 7) is 3.83. The standard InChI is InChI=1S/C23H20N2O3S/c1-14-4-6-16(7-5-14)19-12-29-22-21(19)23(27)25(13-24-22)11-18-10-17(15(2)26)8-9-20(18)28-3/h4-10,12-13H,11H2,1-3H3. The quantitative estimate of drug-likeness (QED) is 0.453. The molecule has 0 bridgehead atoms. The Hall–Kier alpha value is -3.25. The van der Waals surface area contributed by atoms with E-state index in [-0.39, 0.29) is 17.9 Å². The van der Waals surface area contributed by atoms with Crippen molar-refractivity contribution in [3.63, 3.8) is 0 Å². The van der Waals surface area contributed by atoms with E-state index in [1.807, 2.05) is 36.6 Å². The number of Topliss-reactive ketones (excluding diaryl/α,β-unsaturated/α-hetero) is 1. The minimum absolute atomic E-state index is 0.0330. The van der Waals surface area contributed by atoms with E-state index in [1.165, 1.54) is 23.8 Å². The van der Waals surface area contributed by atoms with Gasteiger partial charge < -0.3 is 4.74 Å². The molecule has 2 aromatic heterocycles. The number of ether oxygens (including phenoxy) is 1. The molecule has 4 rings (SSSR count). The Morgan fingerprint density at radius 3 is 2.62 bits per heavy atom. The Morgan fingerprint density at radius 1 is 1.17 bits per heavy atom. The molecule has 0 unspecified atom stereocenters. The average Bonchev–Trinajstić information content (AvgIpc) is 3.15. The van der Waals surface area contributed by atoms with Gasteiger partial charge in [-0.2, -0.15) is 0 Å². The lowest BCUT2D eigenvalue weighted by molar-refractivity contribution is 0.101. The second-order valence-electron chi connectivity index (χ2n) is 6.96. The third-order valence-corrected chi connectivity index (χ3v) is 5.84. The van der Waals surface area contributed by atoms with E-state index in [4.69, 9.17) is 4.74 Å². The molecule has 4 aromatic rings. The van der Waals surface area contributed by atoms with E-state index < -0.39 is 0 Å². The molecule has 0 aliphatic rings. The number of aryl methyl sites for hydroxylation is 1. The van der Waals surface area contributed by atoms with Gasteiger partial charge in [0.25, 0.3) is 5.56 Å². The summed E-state index contributed by atoms with van der Waals surface area (Å²) < 4.78 is 6.99. The van der Waals surface area contributed by atoms with Gasteiger partial charge in [0.05, 0.1) is 25.4 Å². The molecular weight excluding hydrogens is 384 g/mol. The number of carbonyl (C=O) groups is 1. The Kier molecular flexibility index (Phi) is 5.03. The molecule has 6 heteroatoms. The molecule has 0 saturated carbocycles. The van der Waals surface area contributed by atoms with Crippen LogP contribution in [0.5, 0.6) is 5.75 Å². The third kappa shape index (κ3) is 3.59. The number of nitrogens with zero attached hydrogens (tertiary/aromatic N) is 2. The smallest absolute Gasteiger partial charge is 0.263 e. The molecule has 0 amide bonds. The molecule has 2 aromatic carbocycles. The molecule has 0 fully saturated rings. The van der Waals surface area contributed by atoms with E-state index in [9.17, 15) is 9.59 Å². The number of hydrogen-bond donors (Lipinski definition) is 0. The Balaban J connectivity index is 1.82. The van der Waals surface area contributed by atoms with Gasteiger partial charge in [0.15, 0.2) is 5.78 Å². The summed E-state index contributed by atoms with van der Waals surface area (Å²) in [5, 5.41) is 2.59. The highest BCUT2D eigenvalue weighted by Crippen LogP contribution is 2.31. The van der Waals surface area contributed by atoms with Gasteiger partial charge in [-0.15, -0.1) is 11.3 Å². The highest BCUT2D eigenvalue weighted by Gasteiger charge is 2.15. The molecule has 146 valence electrons. The summed E-state index contributed by atoms with van der Waals surface area (Å²) >= 11 is 1.46. The number of methoxy groups -OCH3 is 1. The first kappa shape index (κ1) is 19.1. The number of ketones is 1. The number of aromatic nitrogens is 2. The van der Waals surface area contributed by atoms with Crippen molar-refractivity contribution in [2.45, 2.75) is 20.4 Å². The molecule has 0 spiro atoms. The van der Waals surface area contributed by atoms with Crippen LogP contribution in [0, 0.1) is 6.92 Å². The SMILES string of the molecule is COc1ccc(C(C)=O)cc1Cn1cnc2scc(-c3ccc(C)cc3)c2c1=O. The minimum atomic E-state index is -0.109. The maximum Gasteiger partial charge on any atom is 0.263 e. The normalized spacial score (nSPS) is 11.0. The van der Waals surface area contributed by atoms with Crippen LogP contribution in [-0.4, -0.2) is 22.4 Å². The molecule has 0 N–H and O–H groups in total. The van der Waals surface area contributed by atoms with Crippen LogP contribution in [0.25, 0.3) is 21.3 Å². The predicted molar refractivity (Wildman–Crippen MR) is 116 cm³/mol. The highest BCUT2D eigenvalue weighted by atomic mass is 32.1. The summed E-state index contributed by atoms with van der Waals surface area (Å²) in [6.07, 6.45) is 1.56. The van der Waals surface area contributed by atoms with E-state index >= 15 is 0 Å². The molecule has 29 heavy (non-hydrogen) atoms. The maximum absolute atomic E-state index is 13.3. The van der Waals surface area contributed by atoms with Crippen LogP contribution in [-0.2, 0) is 6.54 Å². The van der Waals surface area contributed by atoms with Gasteiger partial charge >= 0.3 is 0 Å². The largest absolute Gasteiger partial charge is 0.496 e. The van der Waals surface area contributed by atoms with Crippen molar-refractivity contribution in [1.82, 2.24) is 9.55 Å². The zero-order chi connectivity index (χ0) is 20.5. The second kappa shape index (κ2) is 7.64. The highest BCUT2D eigenvalue weighted by molar-refractivity contribution is 7.17. The summed E-state index contributed by atoms with van der Waals surface area (Å²) in [7, 11) is 1.57. The Bertz CT molecular complexity index is 1270. The van der Waals surface area contributed by atoms with Gasteiger partial charge in [-0.1, -0.05) is 29.8 Å². The molecule has 5 nitrogen and oxygen atoms in total. The fourth-order valence-electron chi connectivity index (χ4n) is 3.33. The molecule has 0 aliphatic carbocycles. The van der Waals surface area contributed by atoms with E-state index in [0.717, 1.165) is 16.7 Å². The van der Waals surface area contributed by atoms with E-state index in [1.54, 1.807) is 36.2 Å². The topological polar surface area (TPSA) is 61.2 Å². The van der Waals surface area contributed by atoms with Crippen molar-refractivity contribution in [1.29, 1.82) is 0 Å². The summed E-state index contributed by atoms with van der Waals surface area (Å²) in [5.74, 6) is 0.598. The molecule has 0 radical (unpaired) electrons. The van der Waals surface area contributed by atoms with Gasteiger partial charge in [-0.25, -0.2) is 4.98 Å². The predicted octanol–water partition coefficient (Wildman–Crippen LogP) is 4.69. The Morgan fingerprint density at radius 2 is 1.93 bits per heavy atom. The number of hydrogen-bond acceptors (Lipinski definition) is 5. The van der Waals surface area contributed by atoms with Crippen LogP contribution in [0.1, 0.15) is 28.4 Å². The van der Waals surface area contributed by atoms with Crippen LogP contribution in [0.15, 0.2) is 59.0 Å². The lowest BCUT2D eigenvalue weighted by Gasteiger charge is -2.12. The zero-order valence-corrected chi connectivity index (χ0v) is 17.2. The first-order valence-corrected chi connectivity index (χ1v) is 10.1. The molecule has 0 saturated heterocycles. The number of rotatable bonds is 5. The van der Waals surface area contributed by atoms with Crippen LogP contribution < -0.4 is 10.3 Å². The first-order chi connectivity index (χ1) is 14.0. The lowest BCUT2D eigenvalue weighted by atomic mass is 10.0. The first-order valence-electron chi connectivity index (χ1n) is 9.19. The lowest BCUT2D eigenvalue weighted by Crippen LogP contribution is -2.21. The van der Waals surface area contributed by atoms with Gasteiger partial charge in [0, 0.05) is 22.1 Å². The van der Waals surface area contributed by atoms with Crippen molar-refractivity contribution < 1.29 is 9.53 Å². The number of benzene rings is 2. The van der Waals surface area contributed by atoms with Crippen molar-refractivity contribution >= 4 is 27.3 Å². The second-order valence-corrected chi connectivity index (χ2v) is 7.81. The fourth-order valence-corrected chi connectivity index (χ4v) is 4.24. The van der Waals surface area contributed by atoms with Gasteiger partial charge in [0.1, 0.15) is 10.6 Å². The summed E-state index contributed by atoms with van der Waals surface area (Å²) in [4.78, 5) is 30.3. The van der Waals surface area contributed by atoms with E-state index in [0.29, 0.717) is 21.5 Å². The fraction of sp³-hybridized carbons (Fsp3) is 0.174. The van der Waals surface area contributed by atoms with Crippen molar-refractivity contribution in [3.8, 4) is 16.9 Å². The van der Waals surface area contributed by atoms with Crippen molar-refractivity contribution in [2.24, 2.45) is 0 Å². The maximum atomic E-state index is 13.3. The van der Waals surface area contributed by atoms with Crippen molar-refractivity contribution in [3.05, 3.63) is 81.2 Å². The van der Waals surface area contributed by atoms with E-state index in [2.05, 4.69) is 4.98 Å². The average molecular weight is 404 g/mol. The van der Waals surface area contributed by atoms with Crippen LogP contribution >= 0.6 is 11.3 Å². The Labute approximate surface area is 172 Å². The molecular formula is C23H20N2O3S. The van der Waals surface area contributed by atoms with Gasteiger partial charge in [-0.05, 0) is 37.6 Å². The third-order valence-electron chi connectivity index (χ3n) is 4.95. The molecule has 2 heterocycles. The number of fused-ring (bicyclic) bond motifs is 1. The molecule has 0 atom stereocenters. The van der Waals surface area contributed by atoms with Gasteiger partial charge in [0.2, 0.25) is 0 Å². The molecule has 0 aliphatic heterocycles. The number of thiophene rings is 1. The van der Waals surface area contributed by atoms with Crippen LogP contribution in [0.4, 0.5) is 0 Å². The van der Waals surface area contributed by atoms with Gasteiger partial charge in [-0.3, -0.25) is 14.2 Å². The van der Waals surface area contributed by atoms with Crippen LogP contribution in [0.2, 0.25) is 0 Å². The number of carbonyl (C=O) groups excluding carboxylic acids is 1. The van der Waals surface area contributed by atoms with Crippen LogP contribution in [0.3, 0.4) is 0 Å².